The average molecular weight is 459 g/mol. The van der Waals surface area contributed by atoms with E-state index in [1.165, 1.54) is 6.33 Å². The van der Waals surface area contributed by atoms with Gasteiger partial charge in [-0.1, -0.05) is 0 Å². The molecule has 3 aromatic heterocycles. The van der Waals surface area contributed by atoms with Gasteiger partial charge in [0.2, 0.25) is 0 Å². The van der Waals surface area contributed by atoms with E-state index in [9.17, 15) is 22.0 Å². The lowest BCUT2D eigenvalue weighted by Crippen LogP contribution is -2.21. The third-order valence-corrected chi connectivity index (χ3v) is 4.83. The Morgan fingerprint density at radius 1 is 1.38 bits per heavy atom. The van der Waals surface area contributed by atoms with Gasteiger partial charge in [0.1, 0.15) is 12.0 Å². The van der Waals surface area contributed by atoms with E-state index in [-0.39, 0.29) is 18.4 Å². The number of aromatic amines is 1. The molecule has 1 aliphatic rings. The van der Waals surface area contributed by atoms with E-state index >= 15 is 0 Å². The molecule has 2 N–H and O–H groups in total. The van der Waals surface area contributed by atoms with Gasteiger partial charge < -0.3 is 14.8 Å². The number of fused-ring (bicyclic) bond motifs is 1. The lowest BCUT2D eigenvalue weighted by molar-refractivity contribution is -0.192. The van der Waals surface area contributed by atoms with Gasteiger partial charge in [0.05, 0.1) is 24.5 Å². The van der Waals surface area contributed by atoms with Gasteiger partial charge in [0.15, 0.2) is 0 Å². The average Bonchev–Trinajstić information content (AvgIpc) is 3.49. The first-order valence-corrected chi connectivity index (χ1v) is 9.38. The number of carboxylic acid groups (broad SMARTS) is 1. The molecule has 13 heteroatoms. The topological polar surface area (TPSA) is 106 Å². The molecule has 1 aliphatic heterocycles. The highest BCUT2D eigenvalue weighted by Crippen LogP contribution is 2.32. The highest BCUT2D eigenvalue weighted by molar-refractivity contribution is 5.89. The molecule has 3 aromatic rings. The minimum absolute atomic E-state index is 0.165. The van der Waals surface area contributed by atoms with Crippen molar-refractivity contribution in [3.05, 3.63) is 43.1 Å². The highest BCUT2D eigenvalue weighted by atomic mass is 19.4. The number of carbonyl (C=O) groups is 1. The first kappa shape index (κ1) is 23.3. The van der Waals surface area contributed by atoms with Gasteiger partial charge in [-0.25, -0.2) is 14.8 Å². The second kappa shape index (κ2) is 9.85. The Balaban J connectivity index is 0.000000360. The summed E-state index contributed by atoms with van der Waals surface area (Å²) in [7, 11) is 0. The quantitative estimate of drug-likeness (QED) is 0.554. The normalized spacial score (nSPS) is 17.0. The van der Waals surface area contributed by atoms with Gasteiger partial charge in [-0.2, -0.15) is 27.1 Å². The summed E-state index contributed by atoms with van der Waals surface area (Å²) in [6.45, 7) is 1.23. The summed E-state index contributed by atoms with van der Waals surface area (Å²) in [6, 6.07) is 1.74. The first-order chi connectivity index (χ1) is 15.2. The van der Waals surface area contributed by atoms with Crippen LogP contribution in [0.2, 0.25) is 0 Å². The number of nitrogens with zero attached hydrogens (tertiary/aromatic N) is 4. The zero-order valence-electron chi connectivity index (χ0n) is 16.4. The van der Waals surface area contributed by atoms with Crippen molar-refractivity contribution in [2.45, 2.75) is 25.1 Å². The summed E-state index contributed by atoms with van der Waals surface area (Å²) in [4.78, 5) is 20.5. The fourth-order valence-corrected chi connectivity index (χ4v) is 3.33. The fourth-order valence-electron chi connectivity index (χ4n) is 3.33. The van der Waals surface area contributed by atoms with E-state index in [0.29, 0.717) is 13.2 Å². The van der Waals surface area contributed by atoms with Gasteiger partial charge in [-0.05, 0) is 25.0 Å². The van der Waals surface area contributed by atoms with E-state index < -0.39 is 18.2 Å². The number of H-pyrrole nitrogens is 1. The predicted octanol–water partition coefficient (Wildman–Crippen LogP) is 4.20. The molecule has 0 radical (unpaired) electrons. The Morgan fingerprint density at radius 3 is 2.75 bits per heavy atom. The Kier molecular flexibility index (Phi) is 7.18. The van der Waals surface area contributed by atoms with Crippen LogP contribution in [0.4, 0.5) is 22.0 Å². The van der Waals surface area contributed by atoms with Crippen molar-refractivity contribution in [3.63, 3.8) is 0 Å². The van der Waals surface area contributed by atoms with E-state index in [1.54, 1.807) is 17.1 Å². The van der Waals surface area contributed by atoms with Crippen molar-refractivity contribution in [1.29, 1.82) is 0 Å². The maximum atomic E-state index is 12.6. The summed E-state index contributed by atoms with van der Waals surface area (Å²) in [5, 5.41) is 12.4. The fraction of sp³-hybridized carbons (Fsp3) is 0.368. The van der Waals surface area contributed by atoms with Gasteiger partial charge in [0.25, 0.3) is 6.08 Å². The molecule has 4 heterocycles. The molecule has 1 saturated heterocycles. The van der Waals surface area contributed by atoms with Crippen LogP contribution < -0.4 is 0 Å². The summed E-state index contributed by atoms with van der Waals surface area (Å²) in [5.41, 5.74) is 2.35. The SMILES string of the molecule is FC(F)=CCC(C1CCOC1)n1cc(-c2ncnc3[nH]ccc23)cn1.O=C(O)C(F)(F)F. The maximum absolute atomic E-state index is 12.6. The predicted molar refractivity (Wildman–Crippen MR) is 102 cm³/mol. The van der Waals surface area contributed by atoms with E-state index in [0.717, 1.165) is 34.8 Å². The minimum Gasteiger partial charge on any atom is -0.475 e. The summed E-state index contributed by atoms with van der Waals surface area (Å²) < 4.78 is 64.1. The van der Waals surface area contributed by atoms with Crippen molar-refractivity contribution in [3.8, 4) is 11.3 Å². The molecular weight excluding hydrogens is 441 g/mol. The van der Waals surface area contributed by atoms with E-state index in [2.05, 4.69) is 20.1 Å². The number of hydrogen-bond acceptors (Lipinski definition) is 5. The van der Waals surface area contributed by atoms with E-state index in [4.69, 9.17) is 14.6 Å². The second-order valence-corrected chi connectivity index (χ2v) is 6.89. The summed E-state index contributed by atoms with van der Waals surface area (Å²) >= 11 is 0. The van der Waals surface area contributed by atoms with Gasteiger partial charge in [-0.3, -0.25) is 4.68 Å². The molecular formula is C19H18F5N5O3. The van der Waals surface area contributed by atoms with Crippen LogP contribution in [0.1, 0.15) is 18.9 Å². The van der Waals surface area contributed by atoms with Crippen molar-refractivity contribution < 1.29 is 36.6 Å². The Hall–Kier alpha value is -3.35. The number of rotatable bonds is 5. The number of allylic oxidation sites excluding steroid dienone is 1. The molecule has 0 spiro atoms. The van der Waals surface area contributed by atoms with Crippen LogP contribution in [0.5, 0.6) is 0 Å². The molecule has 2 unspecified atom stereocenters. The number of nitrogens with one attached hydrogen (secondary N) is 1. The Labute approximate surface area is 177 Å². The third kappa shape index (κ3) is 5.66. The number of carboxylic acids is 1. The zero-order chi connectivity index (χ0) is 23.3. The van der Waals surface area contributed by atoms with Crippen LogP contribution in [0, 0.1) is 5.92 Å². The molecule has 8 nitrogen and oxygen atoms in total. The summed E-state index contributed by atoms with van der Waals surface area (Å²) in [5.74, 6) is -2.59. The van der Waals surface area contributed by atoms with Crippen molar-refractivity contribution in [2.24, 2.45) is 5.92 Å². The number of aliphatic carboxylic acids is 1. The first-order valence-electron chi connectivity index (χ1n) is 9.38. The van der Waals surface area contributed by atoms with Crippen LogP contribution in [0.25, 0.3) is 22.3 Å². The Bertz CT molecular complexity index is 1080. The van der Waals surface area contributed by atoms with Gasteiger partial charge >= 0.3 is 12.1 Å². The minimum atomic E-state index is -5.08. The lowest BCUT2D eigenvalue weighted by atomic mass is 9.96. The molecule has 172 valence electrons. The molecule has 32 heavy (non-hydrogen) atoms. The highest BCUT2D eigenvalue weighted by Gasteiger charge is 2.38. The standard InChI is InChI=1S/C17H17F2N5O.C2HF3O2/c18-15(19)2-1-14(11-4-6-25-9-11)24-8-12(7-23-24)16-13-3-5-20-17(13)22-10-21-16;3-2(4,5)1(6)7/h2-3,5,7-8,10-11,14H,1,4,6,9H2,(H,20,21,22);(H,6,7). The zero-order valence-corrected chi connectivity index (χ0v) is 16.4. The van der Waals surface area contributed by atoms with Crippen LogP contribution in [-0.2, 0) is 9.53 Å². The maximum Gasteiger partial charge on any atom is 0.490 e. The number of halogens is 5. The number of ether oxygens (including phenoxy) is 1. The molecule has 2 atom stereocenters. The number of hydrogen-bond donors (Lipinski definition) is 2. The van der Waals surface area contributed by atoms with Gasteiger partial charge in [-0.15, -0.1) is 0 Å². The molecule has 0 aromatic carbocycles. The van der Waals surface area contributed by atoms with Gasteiger partial charge in [0, 0.05) is 35.9 Å². The third-order valence-electron chi connectivity index (χ3n) is 4.83. The lowest BCUT2D eigenvalue weighted by Gasteiger charge is -2.21. The largest absolute Gasteiger partial charge is 0.490 e. The molecule has 4 rings (SSSR count). The van der Waals surface area contributed by atoms with Crippen LogP contribution in [0.3, 0.4) is 0 Å². The number of aromatic nitrogens is 5. The molecule has 0 saturated carbocycles. The molecule has 0 bridgehead atoms. The second-order valence-electron chi connectivity index (χ2n) is 6.89. The van der Waals surface area contributed by atoms with Crippen molar-refractivity contribution in [1.82, 2.24) is 24.7 Å². The van der Waals surface area contributed by atoms with Crippen molar-refractivity contribution in [2.75, 3.05) is 13.2 Å². The smallest absolute Gasteiger partial charge is 0.475 e. The molecule has 1 fully saturated rings. The monoisotopic (exact) mass is 459 g/mol. The van der Waals surface area contributed by atoms with Crippen LogP contribution in [0.15, 0.2) is 43.1 Å². The van der Waals surface area contributed by atoms with Crippen LogP contribution in [-0.4, -0.2) is 55.2 Å². The van der Waals surface area contributed by atoms with E-state index in [1.807, 2.05) is 12.3 Å². The molecule has 0 aliphatic carbocycles. The van der Waals surface area contributed by atoms with Crippen molar-refractivity contribution >= 4 is 17.0 Å². The Morgan fingerprint density at radius 2 is 2.12 bits per heavy atom. The molecule has 0 amide bonds. The number of alkyl halides is 3. The summed E-state index contributed by atoms with van der Waals surface area (Å²) in [6.07, 6.45) is 2.16. The van der Waals surface area contributed by atoms with Crippen LogP contribution >= 0.6 is 0 Å².